The summed E-state index contributed by atoms with van der Waals surface area (Å²) in [6.45, 7) is 1.52. The van der Waals surface area contributed by atoms with Crippen molar-refractivity contribution in [3.8, 4) is 0 Å². The Labute approximate surface area is 95.0 Å². The summed E-state index contributed by atoms with van der Waals surface area (Å²) in [7, 11) is 1.65. The first-order valence-corrected chi connectivity index (χ1v) is 5.71. The first kappa shape index (κ1) is 11.4. The quantitative estimate of drug-likeness (QED) is 0.804. The van der Waals surface area contributed by atoms with Gasteiger partial charge in [0.05, 0.1) is 6.61 Å². The van der Waals surface area contributed by atoms with Gasteiger partial charge in [0.2, 0.25) is 0 Å². The monoisotopic (exact) mass is 222 g/mol. The second kappa shape index (κ2) is 4.80. The number of hydrogen-bond donors (Lipinski definition) is 1. The normalized spacial score (nSPS) is 14.1. The van der Waals surface area contributed by atoms with Crippen LogP contribution >= 0.6 is 0 Å². The molecule has 0 aromatic carbocycles. The molecule has 1 aliphatic rings. The number of hydrogen-bond acceptors (Lipinski definition) is 3. The van der Waals surface area contributed by atoms with Gasteiger partial charge in [-0.3, -0.25) is 4.79 Å². The van der Waals surface area contributed by atoms with Crippen molar-refractivity contribution in [2.75, 3.05) is 13.7 Å². The largest absolute Gasteiger partial charge is 0.383 e. The lowest BCUT2D eigenvalue weighted by Crippen LogP contribution is -2.29. The molecule has 0 atom stereocenters. The van der Waals surface area contributed by atoms with Gasteiger partial charge in [0.1, 0.15) is 0 Å². The second-order valence-corrected chi connectivity index (χ2v) is 4.15. The van der Waals surface area contributed by atoms with Crippen molar-refractivity contribution in [1.82, 2.24) is 4.57 Å². The number of nitrogens with two attached hydrogens (primary N) is 1. The topological polar surface area (TPSA) is 57.2 Å². The average molecular weight is 222 g/mol. The molecule has 1 aromatic rings. The highest BCUT2D eigenvalue weighted by atomic mass is 16.5. The highest BCUT2D eigenvalue weighted by Crippen LogP contribution is 2.21. The van der Waals surface area contributed by atoms with Gasteiger partial charge in [0.15, 0.2) is 0 Å². The van der Waals surface area contributed by atoms with Crippen LogP contribution in [0, 0.1) is 0 Å². The van der Waals surface area contributed by atoms with Gasteiger partial charge in [-0.1, -0.05) is 0 Å². The summed E-state index contributed by atoms with van der Waals surface area (Å²) in [6, 6.07) is 1.98. The van der Waals surface area contributed by atoms with Crippen LogP contribution in [-0.2, 0) is 30.7 Å². The maximum atomic E-state index is 12.1. The van der Waals surface area contributed by atoms with E-state index in [1.54, 1.807) is 7.11 Å². The molecule has 1 aliphatic carbocycles. The first-order chi connectivity index (χ1) is 7.77. The van der Waals surface area contributed by atoms with E-state index in [9.17, 15) is 4.79 Å². The Morgan fingerprint density at radius 1 is 1.50 bits per heavy atom. The van der Waals surface area contributed by atoms with E-state index in [2.05, 4.69) is 0 Å². The number of ether oxygens (including phenoxy) is 1. The molecule has 0 saturated carbocycles. The minimum absolute atomic E-state index is 0.0557. The van der Waals surface area contributed by atoms with Gasteiger partial charge >= 0.3 is 0 Å². The molecular weight excluding hydrogens is 204 g/mol. The Morgan fingerprint density at radius 2 is 2.31 bits per heavy atom. The van der Waals surface area contributed by atoms with Gasteiger partial charge < -0.3 is 15.0 Å². The summed E-state index contributed by atoms with van der Waals surface area (Å²) in [5, 5.41) is 0. The summed E-state index contributed by atoms with van der Waals surface area (Å²) < 4.78 is 6.88. The fourth-order valence-corrected chi connectivity index (χ4v) is 2.35. The van der Waals surface area contributed by atoms with Gasteiger partial charge in [-0.2, -0.15) is 0 Å². The van der Waals surface area contributed by atoms with E-state index in [-0.39, 0.29) is 5.56 Å². The van der Waals surface area contributed by atoms with Crippen LogP contribution in [0.15, 0.2) is 10.9 Å². The zero-order valence-electron chi connectivity index (χ0n) is 9.66. The van der Waals surface area contributed by atoms with Crippen molar-refractivity contribution >= 4 is 0 Å². The Hall–Kier alpha value is -1.13. The molecule has 0 aliphatic heterocycles. The van der Waals surface area contributed by atoms with E-state index < -0.39 is 0 Å². The number of rotatable bonds is 4. The summed E-state index contributed by atoms with van der Waals surface area (Å²) >= 11 is 0. The van der Waals surface area contributed by atoms with E-state index in [1.165, 1.54) is 11.3 Å². The van der Waals surface area contributed by atoms with Gasteiger partial charge in [-0.25, -0.2) is 0 Å². The van der Waals surface area contributed by atoms with Crippen LogP contribution in [0.3, 0.4) is 0 Å². The summed E-state index contributed by atoms with van der Waals surface area (Å²) in [6.07, 6.45) is 3.20. The van der Waals surface area contributed by atoms with Crippen LogP contribution < -0.4 is 11.3 Å². The van der Waals surface area contributed by atoms with Gasteiger partial charge in [-0.05, 0) is 30.9 Å². The molecule has 0 bridgehead atoms. The maximum Gasteiger partial charge on any atom is 0.255 e. The molecule has 0 spiro atoms. The third-order valence-electron chi connectivity index (χ3n) is 3.16. The lowest BCUT2D eigenvalue weighted by molar-refractivity contribution is 0.185. The smallest absolute Gasteiger partial charge is 0.255 e. The molecule has 2 N–H and O–H groups in total. The predicted octanol–water partition coefficient (Wildman–Crippen LogP) is 0.442. The SMILES string of the molecule is COCCn1c2c(cc(CN)c1=O)CCC2. The van der Waals surface area contributed by atoms with Gasteiger partial charge in [-0.15, -0.1) is 0 Å². The van der Waals surface area contributed by atoms with Crippen LogP contribution in [-0.4, -0.2) is 18.3 Å². The van der Waals surface area contributed by atoms with Crippen molar-refractivity contribution in [1.29, 1.82) is 0 Å². The Balaban J connectivity index is 2.47. The van der Waals surface area contributed by atoms with Crippen LogP contribution in [0.5, 0.6) is 0 Å². The Bertz CT molecular complexity index is 437. The van der Waals surface area contributed by atoms with Crippen LogP contribution in [0.4, 0.5) is 0 Å². The zero-order valence-corrected chi connectivity index (χ0v) is 9.66. The molecule has 0 fully saturated rings. The lowest BCUT2D eigenvalue weighted by Gasteiger charge is -2.13. The highest BCUT2D eigenvalue weighted by molar-refractivity contribution is 5.30. The zero-order chi connectivity index (χ0) is 11.5. The number of pyridine rings is 1. The van der Waals surface area contributed by atoms with Gasteiger partial charge in [0, 0.05) is 31.5 Å². The van der Waals surface area contributed by atoms with Crippen molar-refractivity contribution in [3.63, 3.8) is 0 Å². The number of aryl methyl sites for hydroxylation is 1. The first-order valence-electron chi connectivity index (χ1n) is 5.71. The van der Waals surface area contributed by atoms with Crippen molar-refractivity contribution < 1.29 is 4.74 Å². The molecule has 4 nitrogen and oxygen atoms in total. The molecule has 1 aromatic heterocycles. The molecule has 2 rings (SSSR count). The van der Waals surface area contributed by atoms with Crippen molar-refractivity contribution in [3.05, 3.63) is 33.2 Å². The molecule has 16 heavy (non-hydrogen) atoms. The van der Waals surface area contributed by atoms with E-state index in [4.69, 9.17) is 10.5 Å². The number of nitrogens with zero attached hydrogens (tertiary/aromatic N) is 1. The number of methoxy groups -OCH3 is 1. The number of aromatic nitrogens is 1. The molecule has 88 valence electrons. The van der Waals surface area contributed by atoms with Crippen LogP contribution in [0.1, 0.15) is 23.2 Å². The second-order valence-electron chi connectivity index (χ2n) is 4.15. The van der Waals surface area contributed by atoms with Crippen LogP contribution in [0.2, 0.25) is 0 Å². The molecule has 1 heterocycles. The molecule has 0 radical (unpaired) electrons. The minimum atomic E-state index is 0.0557. The van der Waals surface area contributed by atoms with E-state index >= 15 is 0 Å². The molecule has 0 saturated heterocycles. The fraction of sp³-hybridized carbons (Fsp3) is 0.583. The maximum absolute atomic E-state index is 12.1. The predicted molar refractivity (Wildman–Crippen MR) is 62.5 cm³/mol. The Morgan fingerprint density at radius 3 is 3.00 bits per heavy atom. The molecule has 4 heteroatoms. The van der Waals surface area contributed by atoms with Crippen molar-refractivity contribution in [2.24, 2.45) is 5.73 Å². The average Bonchev–Trinajstić information content (AvgIpc) is 2.75. The van der Waals surface area contributed by atoms with E-state index in [0.29, 0.717) is 19.7 Å². The van der Waals surface area contributed by atoms with Crippen LogP contribution in [0.25, 0.3) is 0 Å². The molecular formula is C12H18N2O2. The number of fused-ring (bicyclic) bond motifs is 1. The lowest BCUT2D eigenvalue weighted by atomic mass is 10.1. The third kappa shape index (κ3) is 1.90. The van der Waals surface area contributed by atoms with Gasteiger partial charge in [0.25, 0.3) is 5.56 Å². The Kier molecular flexibility index (Phi) is 3.41. The summed E-state index contributed by atoms with van der Waals surface area (Å²) in [5.41, 5.74) is 8.84. The third-order valence-corrected chi connectivity index (χ3v) is 3.16. The van der Waals surface area contributed by atoms with E-state index in [1.807, 2.05) is 10.6 Å². The fourth-order valence-electron chi connectivity index (χ4n) is 2.35. The molecule has 0 unspecified atom stereocenters. The minimum Gasteiger partial charge on any atom is -0.383 e. The van der Waals surface area contributed by atoms with E-state index in [0.717, 1.165) is 24.8 Å². The van der Waals surface area contributed by atoms with Crippen molar-refractivity contribution in [2.45, 2.75) is 32.4 Å². The summed E-state index contributed by atoms with van der Waals surface area (Å²) in [5.74, 6) is 0. The highest BCUT2D eigenvalue weighted by Gasteiger charge is 2.18. The summed E-state index contributed by atoms with van der Waals surface area (Å²) in [4.78, 5) is 12.1. The molecule has 0 amide bonds. The standard InChI is InChI=1S/C12H18N2O2/c1-16-6-5-14-11-4-2-3-9(11)7-10(8-13)12(14)15/h7H,2-6,8,13H2,1H3.